The van der Waals surface area contributed by atoms with E-state index in [9.17, 15) is 0 Å². The molecule has 0 aliphatic carbocycles. The molecule has 0 amide bonds. The molecule has 3 atom stereocenters. The fourth-order valence-corrected chi connectivity index (χ4v) is 5.14. The molecule has 2 aliphatic rings. The van der Waals surface area contributed by atoms with Crippen molar-refractivity contribution >= 4 is 11.8 Å². The highest BCUT2D eigenvalue weighted by Crippen LogP contribution is 2.41. The number of aromatic nitrogens is 2. The second kappa shape index (κ2) is 6.01. The van der Waals surface area contributed by atoms with Crippen LogP contribution >= 0.6 is 11.8 Å². The molecule has 4 rings (SSSR count). The molecule has 1 aromatic carbocycles. The smallest absolute Gasteiger partial charge is 0.115 e. The minimum Gasteiger partial charge on any atom is -0.300 e. The lowest BCUT2D eigenvalue weighted by atomic mass is 10.0. The Labute approximate surface area is 136 Å². The van der Waals surface area contributed by atoms with Gasteiger partial charge in [0.25, 0.3) is 0 Å². The van der Waals surface area contributed by atoms with E-state index in [-0.39, 0.29) is 0 Å². The van der Waals surface area contributed by atoms with Crippen molar-refractivity contribution in [3.63, 3.8) is 0 Å². The average molecular weight is 311 g/mol. The first kappa shape index (κ1) is 14.2. The molecule has 0 saturated carbocycles. The Hall–Kier alpha value is -1.39. The van der Waals surface area contributed by atoms with Crippen LogP contribution in [0, 0.1) is 0 Å². The molecular formula is C18H21N3S. The summed E-state index contributed by atoms with van der Waals surface area (Å²) in [5.74, 6) is 0. The van der Waals surface area contributed by atoms with Gasteiger partial charge in [-0.05, 0) is 50.4 Å². The number of piperidine rings is 1. The summed E-state index contributed by atoms with van der Waals surface area (Å²) < 4.78 is 0. The van der Waals surface area contributed by atoms with Crippen molar-refractivity contribution in [3.05, 3.63) is 43.0 Å². The maximum absolute atomic E-state index is 4.09. The van der Waals surface area contributed by atoms with E-state index in [0.717, 1.165) is 22.9 Å². The largest absolute Gasteiger partial charge is 0.300 e. The summed E-state index contributed by atoms with van der Waals surface area (Å²) in [6.45, 7) is 0. The van der Waals surface area contributed by atoms with E-state index < -0.39 is 0 Å². The zero-order valence-corrected chi connectivity index (χ0v) is 13.7. The van der Waals surface area contributed by atoms with E-state index in [1.165, 1.54) is 36.1 Å². The summed E-state index contributed by atoms with van der Waals surface area (Å²) in [7, 11) is 2.31. The van der Waals surface area contributed by atoms with Crippen LogP contribution in [0.25, 0.3) is 11.1 Å². The molecular weight excluding hydrogens is 290 g/mol. The molecule has 0 N–H and O–H groups in total. The molecule has 22 heavy (non-hydrogen) atoms. The topological polar surface area (TPSA) is 29.0 Å². The van der Waals surface area contributed by atoms with Gasteiger partial charge in [-0.1, -0.05) is 12.1 Å². The molecule has 3 nitrogen and oxygen atoms in total. The number of hydrogen-bond donors (Lipinski definition) is 0. The van der Waals surface area contributed by atoms with Gasteiger partial charge in [-0.15, -0.1) is 11.8 Å². The molecule has 114 valence electrons. The van der Waals surface area contributed by atoms with Crippen LogP contribution in [0.1, 0.15) is 25.7 Å². The second-order valence-electron chi connectivity index (χ2n) is 6.41. The van der Waals surface area contributed by atoms with Gasteiger partial charge in [0.1, 0.15) is 6.33 Å². The van der Waals surface area contributed by atoms with Gasteiger partial charge in [0.15, 0.2) is 0 Å². The molecule has 1 unspecified atom stereocenters. The average Bonchev–Trinajstić information content (AvgIpc) is 2.78. The van der Waals surface area contributed by atoms with Crippen LogP contribution in [0.15, 0.2) is 47.9 Å². The molecule has 2 aliphatic heterocycles. The highest BCUT2D eigenvalue weighted by atomic mass is 32.2. The van der Waals surface area contributed by atoms with Crippen LogP contribution in [0.3, 0.4) is 0 Å². The van der Waals surface area contributed by atoms with Crippen molar-refractivity contribution in [3.8, 4) is 11.1 Å². The first-order chi connectivity index (χ1) is 10.8. The van der Waals surface area contributed by atoms with E-state index >= 15 is 0 Å². The lowest BCUT2D eigenvalue weighted by molar-refractivity contribution is 0.183. The molecule has 0 radical (unpaired) electrons. The van der Waals surface area contributed by atoms with Crippen LogP contribution < -0.4 is 0 Å². The third kappa shape index (κ3) is 2.77. The lowest BCUT2D eigenvalue weighted by Gasteiger charge is -2.36. The van der Waals surface area contributed by atoms with Gasteiger partial charge in [-0.25, -0.2) is 9.97 Å². The molecule has 1 aromatic heterocycles. The summed E-state index contributed by atoms with van der Waals surface area (Å²) in [5.41, 5.74) is 2.27. The molecule has 3 heterocycles. The fraction of sp³-hybridized carbons (Fsp3) is 0.444. The minimum atomic E-state index is 0.777. The van der Waals surface area contributed by atoms with Crippen LogP contribution in [0.4, 0.5) is 0 Å². The van der Waals surface area contributed by atoms with E-state index in [2.05, 4.69) is 57.9 Å². The van der Waals surface area contributed by atoms with Crippen molar-refractivity contribution in [1.29, 1.82) is 0 Å². The fourth-order valence-electron chi connectivity index (χ4n) is 3.82. The zero-order chi connectivity index (χ0) is 14.9. The van der Waals surface area contributed by atoms with Gasteiger partial charge in [-0.2, -0.15) is 0 Å². The van der Waals surface area contributed by atoms with Crippen LogP contribution in [-0.4, -0.2) is 39.2 Å². The quantitative estimate of drug-likeness (QED) is 0.860. The normalized spacial score (nSPS) is 28.0. The highest BCUT2D eigenvalue weighted by molar-refractivity contribution is 8.00. The van der Waals surface area contributed by atoms with Crippen molar-refractivity contribution in [2.24, 2.45) is 0 Å². The Bertz CT molecular complexity index is 615. The summed E-state index contributed by atoms with van der Waals surface area (Å²) in [5, 5.41) is 0.777. The molecule has 0 spiro atoms. The van der Waals surface area contributed by atoms with Crippen molar-refractivity contribution in [1.82, 2.24) is 14.9 Å². The standard InChI is InChI=1S/C18H21N3S/c1-21-15-4-5-16(21)9-18(8-15)22-17-6-2-13(3-7-17)14-10-19-12-20-11-14/h2-3,6-7,10-12,15-16,18H,4-5,8-9H2,1H3/t15-,16+,18?. The van der Waals surface area contributed by atoms with Gasteiger partial charge in [-0.3, -0.25) is 0 Å². The summed E-state index contributed by atoms with van der Waals surface area (Å²) >= 11 is 2.06. The first-order valence-corrected chi connectivity index (χ1v) is 8.91. The van der Waals surface area contributed by atoms with E-state index in [1.54, 1.807) is 6.33 Å². The first-order valence-electron chi connectivity index (χ1n) is 8.03. The van der Waals surface area contributed by atoms with E-state index in [0.29, 0.717) is 0 Å². The second-order valence-corrected chi connectivity index (χ2v) is 7.79. The third-order valence-corrected chi connectivity index (χ3v) is 6.37. The van der Waals surface area contributed by atoms with Crippen molar-refractivity contribution < 1.29 is 0 Å². The van der Waals surface area contributed by atoms with E-state index in [4.69, 9.17) is 0 Å². The van der Waals surface area contributed by atoms with Crippen molar-refractivity contribution in [2.45, 2.75) is 47.9 Å². The van der Waals surface area contributed by atoms with Gasteiger partial charge in [0.2, 0.25) is 0 Å². The SMILES string of the molecule is CN1[C@@H]2CC[C@H]1CC(Sc1ccc(-c3cncnc3)cc1)C2. The van der Waals surface area contributed by atoms with Gasteiger partial charge >= 0.3 is 0 Å². The van der Waals surface area contributed by atoms with Crippen molar-refractivity contribution in [2.75, 3.05) is 7.05 Å². The Morgan fingerprint density at radius 2 is 1.59 bits per heavy atom. The predicted octanol–water partition coefficient (Wildman–Crippen LogP) is 3.86. The summed E-state index contributed by atoms with van der Waals surface area (Å²) in [4.78, 5) is 12.2. The van der Waals surface area contributed by atoms with Gasteiger partial charge in [0, 0.05) is 40.2 Å². The zero-order valence-electron chi connectivity index (χ0n) is 12.9. The molecule has 2 bridgehead atoms. The Kier molecular flexibility index (Phi) is 3.89. The third-order valence-electron chi connectivity index (χ3n) is 5.11. The Balaban J connectivity index is 1.44. The summed E-state index contributed by atoms with van der Waals surface area (Å²) in [6.07, 6.45) is 10.8. The number of rotatable bonds is 3. The molecule has 4 heteroatoms. The maximum Gasteiger partial charge on any atom is 0.115 e. The van der Waals surface area contributed by atoms with Crippen LogP contribution in [0.2, 0.25) is 0 Å². The Morgan fingerprint density at radius 3 is 2.23 bits per heavy atom. The predicted molar refractivity (Wildman–Crippen MR) is 90.9 cm³/mol. The van der Waals surface area contributed by atoms with Crippen LogP contribution in [0.5, 0.6) is 0 Å². The van der Waals surface area contributed by atoms with Gasteiger partial charge < -0.3 is 4.90 Å². The lowest BCUT2D eigenvalue weighted by Crippen LogP contribution is -2.40. The molecule has 2 fully saturated rings. The Morgan fingerprint density at radius 1 is 0.955 bits per heavy atom. The molecule has 2 aromatic rings. The molecule has 2 saturated heterocycles. The minimum absolute atomic E-state index is 0.777. The maximum atomic E-state index is 4.09. The highest BCUT2D eigenvalue weighted by Gasteiger charge is 2.38. The number of nitrogens with zero attached hydrogens (tertiary/aromatic N) is 3. The number of hydrogen-bond acceptors (Lipinski definition) is 4. The number of benzene rings is 1. The van der Waals surface area contributed by atoms with E-state index in [1.807, 2.05) is 12.4 Å². The van der Waals surface area contributed by atoms with Crippen LogP contribution in [-0.2, 0) is 0 Å². The summed E-state index contributed by atoms with van der Waals surface area (Å²) in [6, 6.07) is 10.5. The van der Waals surface area contributed by atoms with Gasteiger partial charge in [0.05, 0.1) is 0 Å². The number of thioether (sulfide) groups is 1. The monoisotopic (exact) mass is 311 g/mol. The number of fused-ring (bicyclic) bond motifs is 2.